The van der Waals surface area contributed by atoms with Crippen molar-refractivity contribution in [1.82, 2.24) is 15.2 Å². The number of halogens is 1. The maximum atomic E-state index is 12.3. The number of piperidine rings is 1. The summed E-state index contributed by atoms with van der Waals surface area (Å²) in [6.45, 7) is 3.95. The Hall–Kier alpha value is -2.21. The van der Waals surface area contributed by atoms with Crippen LogP contribution in [0.5, 0.6) is 0 Å². The molecule has 1 saturated heterocycles. The SMILES string of the molecule is O=C(Cc1csc(-c2ccccc2Cl)n1)NCc1ccc(CN2CCCCC2)cc1. The molecule has 1 N–H and O–H groups in total. The van der Waals surface area contributed by atoms with E-state index in [0.717, 1.165) is 28.4 Å². The van der Waals surface area contributed by atoms with E-state index in [1.165, 1.54) is 49.3 Å². The van der Waals surface area contributed by atoms with Crippen LogP contribution < -0.4 is 5.32 Å². The molecule has 6 heteroatoms. The van der Waals surface area contributed by atoms with Gasteiger partial charge in [-0.3, -0.25) is 9.69 Å². The minimum absolute atomic E-state index is 0.0246. The van der Waals surface area contributed by atoms with E-state index in [9.17, 15) is 4.79 Å². The van der Waals surface area contributed by atoms with E-state index in [-0.39, 0.29) is 12.3 Å². The number of rotatable bonds is 7. The number of likely N-dealkylation sites (tertiary alicyclic amines) is 1. The lowest BCUT2D eigenvalue weighted by Gasteiger charge is -2.26. The highest BCUT2D eigenvalue weighted by Gasteiger charge is 2.12. The number of aromatic nitrogens is 1. The molecular weight excluding hydrogens is 414 g/mol. The Morgan fingerprint density at radius 1 is 1.03 bits per heavy atom. The van der Waals surface area contributed by atoms with Crippen LogP contribution in [0.3, 0.4) is 0 Å². The highest BCUT2D eigenvalue weighted by molar-refractivity contribution is 7.13. The molecule has 156 valence electrons. The number of benzene rings is 2. The van der Waals surface area contributed by atoms with Crippen molar-refractivity contribution in [3.63, 3.8) is 0 Å². The molecular formula is C24H26ClN3OS. The lowest BCUT2D eigenvalue weighted by molar-refractivity contribution is -0.120. The first kappa shape index (κ1) is 21.0. The second kappa shape index (κ2) is 10.2. The summed E-state index contributed by atoms with van der Waals surface area (Å²) in [5.74, 6) is -0.0246. The fourth-order valence-corrected chi connectivity index (χ4v) is 4.85. The monoisotopic (exact) mass is 439 g/mol. The fourth-order valence-electron chi connectivity index (χ4n) is 3.71. The van der Waals surface area contributed by atoms with Crippen LogP contribution in [0.4, 0.5) is 0 Å². The molecule has 0 saturated carbocycles. The zero-order valence-corrected chi connectivity index (χ0v) is 18.5. The number of thiazole rings is 1. The van der Waals surface area contributed by atoms with Crippen molar-refractivity contribution in [2.24, 2.45) is 0 Å². The van der Waals surface area contributed by atoms with Gasteiger partial charge in [0.05, 0.1) is 17.1 Å². The van der Waals surface area contributed by atoms with Crippen molar-refractivity contribution in [2.45, 2.75) is 38.8 Å². The van der Waals surface area contributed by atoms with Gasteiger partial charge in [0.2, 0.25) is 5.91 Å². The summed E-state index contributed by atoms with van der Waals surface area (Å²) in [4.78, 5) is 19.4. The standard InChI is InChI=1S/C24H26ClN3OS/c25-22-7-3-2-6-21(22)24-27-20(17-30-24)14-23(29)26-15-18-8-10-19(11-9-18)16-28-12-4-1-5-13-28/h2-3,6-11,17H,1,4-5,12-16H2,(H,26,29). The first-order valence-electron chi connectivity index (χ1n) is 10.4. The van der Waals surface area contributed by atoms with Gasteiger partial charge in [0, 0.05) is 24.0 Å². The van der Waals surface area contributed by atoms with Crippen molar-refractivity contribution in [1.29, 1.82) is 0 Å². The summed E-state index contributed by atoms with van der Waals surface area (Å²) in [6.07, 6.45) is 4.25. The van der Waals surface area contributed by atoms with Crippen LogP contribution in [0.2, 0.25) is 5.02 Å². The zero-order valence-electron chi connectivity index (χ0n) is 16.9. The van der Waals surface area contributed by atoms with E-state index in [1.54, 1.807) is 0 Å². The van der Waals surface area contributed by atoms with Crippen LogP contribution in [0.1, 0.15) is 36.1 Å². The Balaban J connectivity index is 1.26. The topological polar surface area (TPSA) is 45.2 Å². The molecule has 0 atom stereocenters. The Morgan fingerprint density at radius 2 is 1.77 bits per heavy atom. The lowest BCUT2D eigenvalue weighted by atomic mass is 10.1. The van der Waals surface area contributed by atoms with Gasteiger partial charge in [-0.25, -0.2) is 4.98 Å². The van der Waals surface area contributed by atoms with E-state index in [0.29, 0.717) is 11.6 Å². The number of amides is 1. The molecule has 0 unspecified atom stereocenters. The van der Waals surface area contributed by atoms with E-state index < -0.39 is 0 Å². The Morgan fingerprint density at radius 3 is 2.53 bits per heavy atom. The summed E-state index contributed by atoms with van der Waals surface area (Å²) >= 11 is 7.75. The third kappa shape index (κ3) is 5.69. The highest BCUT2D eigenvalue weighted by atomic mass is 35.5. The molecule has 0 bridgehead atoms. The summed E-state index contributed by atoms with van der Waals surface area (Å²) in [6, 6.07) is 16.2. The number of hydrogen-bond donors (Lipinski definition) is 1. The quantitative estimate of drug-likeness (QED) is 0.542. The van der Waals surface area contributed by atoms with Crippen LogP contribution in [0, 0.1) is 0 Å². The summed E-state index contributed by atoms with van der Waals surface area (Å²) < 4.78 is 0. The van der Waals surface area contributed by atoms with Crippen molar-refractivity contribution >= 4 is 28.8 Å². The number of carbonyl (C=O) groups excluding carboxylic acids is 1. The number of nitrogens with one attached hydrogen (secondary N) is 1. The minimum atomic E-state index is -0.0246. The predicted octanol–water partition coefficient (Wildman–Crippen LogP) is 5.31. The van der Waals surface area contributed by atoms with Gasteiger partial charge in [-0.2, -0.15) is 0 Å². The number of nitrogens with zero attached hydrogens (tertiary/aromatic N) is 2. The first-order valence-corrected chi connectivity index (χ1v) is 11.7. The highest BCUT2D eigenvalue weighted by Crippen LogP contribution is 2.30. The van der Waals surface area contributed by atoms with Gasteiger partial charge in [-0.15, -0.1) is 11.3 Å². The smallest absolute Gasteiger partial charge is 0.226 e. The molecule has 3 aromatic rings. The molecule has 0 spiro atoms. The summed E-state index contributed by atoms with van der Waals surface area (Å²) in [5, 5.41) is 6.44. The van der Waals surface area contributed by atoms with Crippen LogP contribution in [0.25, 0.3) is 10.6 Å². The van der Waals surface area contributed by atoms with E-state index in [1.807, 2.05) is 29.6 Å². The molecule has 4 nitrogen and oxygen atoms in total. The molecule has 1 amide bonds. The summed E-state index contributed by atoms with van der Waals surface area (Å²) in [7, 11) is 0. The third-order valence-corrected chi connectivity index (χ3v) is 6.62. The molecule has 0 radical (unpaired) electrons. The molecule has 1 aliphatic heterocycles. The molecule has 2 heterocycles. The summed E-state index contributed by atoms with van der Waals surface area (Å²) in [5.41, 5.74) is 4.12. The van der Waals surface area contributed by atoms with E-state index >= 15 is 0 Å². The molecule has 1 aliphatic rings. The molecule has 1 aromatic heterocycles. The van der Waals surface area contributed by atoms with Gasteiger partial charge in [0.25, 0.3) is 0 Å². The van der Waals surface area contributed by atoms with Crippen LogP contribution in [-0.2, 0) is 24.3 Å². The fraction of sp³-hybridized carbons (Fsp3) is 0.333. The molecule has 30 heavy (non-hydrogen) atoms. The maximum absolute atomic E-state index is 12.3. The predicted molar refractivity (Wildman–Crippen MR) is 124 cm³/mol. The lowest BCUT2D eigenvalue weighted by Crippen LogP contribution is -2.29. The van der Waals surface area contributed by atoms with E-state index in [2.05, 4.69) is 39.5 Å². The molecule has 2 aromatic carbocycles. The second-order valence-corrected chi connectivity index (χ2v) is 9.00. The largest absolute Gasteiger partial charge is 0.352 e. The van der Waals surface area contributed by atoms with Gasteiger partial charge in [-0.05, 0) is 43.1 Å². The number of carbonyl (C=O) groups is 1. The van der Waals surface area contributed by atoms with Gasteiger partial charge in [0.15, 0.2) is 0 Å². The third-order valence-electron chi connectivity index (χ3n) is 5.37. The molecule has 0 aliphatic carbocycles. The van der Waals surface area contributed by atoms with Crippen LogP contribution in [0.15, 0.2) is 53.9 Å². The first-order chi connectivity index (χ1) is 14.7. The van der Waals surface area contributed by atoms with Gasteiger partial charge in [0.1, 0.15) is 5.01 Å². The average Bonchev–Trinajstić information content (AvgIpc) is 3.22. The second-order valence-electron chi connectivity index (χ2n) is 7.73. The van der Waals surface area contributed by atoms with Crippen molar-refractivity contribution in [3.05, 3.63) is 75.8 Å². The minimum Gasteiger partial charge on any atom is -0.352 e. The van der Waals surface area contributed by atoms with Crippen molar-refractivity contribution in [3.8, 4) is 10.6 Å². The van der Waals surface area contributed by atoms with Crippen molar-refractivity contribution < 1.29 is 4.79 Å². The van der Waals surface area contributed by atoms with Gasteiger partial charge >= 0.3 is 0 Å². The van der Waals surface area contributed by atoms with Crippen LogP contribution in [-0.4, -0.2) is 28.9 Å². The zero-order chi connectivity index (χ0) is 20.8. The molecule has 1 fully saturated rings. The Bertz CT molecular complexity index is 980. The normalized spacial score (nSPS) is 14.6. The molecule has 4 rings (SSSR count). The average molecular weight is 440 g/mol. The van der Waals surface area contributed by atoms with Crippen LogP contribution >= 0.6 is 22.9 Å². The van der Waals surface area contributed by atoms with Gasteiger partial charge < -0.3 is 5.32 Å². The van der Waals surface area contributed by atoms with Crippen molar-refractivity contribution in [2.75, 3.05) is 13.1 Å². The Kier molecular flexibility index (Phi) is 7.16. The van der Waals surface area contributed by atoms with Gasteiger partial charge in [-0.1, -0.05) is 60.5 Å². The maximum Gasteiger partial charge on any atom is 0.226 e. The number of hydrogen-bond acceptors (Lipinski definition) is 4. The van der Waals surface area contributed by atoms with E-state index in [4.69, 9.17) is 11.6 Å². The Labute approximate surface area is 186 Å².